The van der Waals surface area contributed by atoms with E-state index in [4.69, 9.17) is 9.98 Å². The molecule has 5 aliphatic rings. The van der Waals surface area contributed by atoms with Crippen LogP contribution in [0.4, 0.5) is 5.69 Å². The Morgan fingerprint density at radius 3 is 2.27 bits per heavy atom. The van der Waals surface area contributed by atoms with Gasteiger partial charge in [0.15, 0.2) is 0 Å². The second kappa shape index (κ2) is 14.8. The molecule has 4 aliphatic heterocycles. The summed E-state index contributed by atoms with van der Waals surface area (Å²) in [6, 6.07) is 7.51. The first-order valence-electron chi connectivity index (χ1n) is 19.9. The molecule has 1 aromatic carbocycles. The Balaban J connectivity index is 1.15. The second-order valence-corrected chi connectivity index (χ2v) is 17.6. The van der Waals surface area contributed by atoms with Gasteiger partial charge in [-0.1, -0.05) is 25.3 Å². The first-order chi connectivity index (χ1) is 28.4. The molecule has 11 heteroatoms. The Hall–Kier alpha value is -6.29. The molecule has 6 bridgehead atoms. The number of rotatable bonds is 10. The van der Waals surface area contributed by atoms with Crippen LogP contribution in [0.15, 0.2) is 92.0 Å². The van der Waals surface area contributed by atoms with Crippen LogP contribution in [-0.2, 0) is 22.7 Å². The summed E-state index contributed by atoms with van der Waals surface area (Å²) in [5.74, 6) is -0.997. The molecule has 9 rings (SSSR count). The molecule has 7 heterocycles. The molecule has 10 nitrogen and oxygen atoms in total. The van der Waals surface area contributed by atoms with Crippen LogP contribution in [0.3, 0.4) is 0 Å². The molecule has 1 aliphatic carbocycles. The minimum atomic E-state index is -0.865. The van der Waals surface area contributed by atoms with Crippen molar-refractivity contribution in [3.8, 4) is 5.69 Å². The van der Waals surface area contributed by atoms with Gasteiger partial charge in [0.25, 0.3) is 0 Å². The number of anilines is 1. The van der Waals surface area contributed by atoms with Crippen molar-refractivity contribution in [3.05, 3.63) is 141 Å². The van der Waals surface area contributed by atoms with Crippen LogP contribution in [0, 0.1) is 13.8 Å². The number of allylic oxidation sites excluding steroid dienone is 5. The number of hydrogen-bond acceptors (Lipinski definition) is 5. The van der Waals surface area contributed by atoms with E-state index in [0.29, 0.717) is 25.2 Å². The van der Waals surface area contributed by atoms with E-state index >= 15 is 0 Å². The fourth-order valence-electron chi connectivity index (χ4n) is 8.92. The molecule has 0 saturated heterocycles. The Morgan fingerprint density at radius 1 is 0.831 bits per heavy atom. The number of hydrogen-bond donors (Lipinski definition) is 2. The minimum Gasteiger partial charge on any atom is -0.481 e. The first kappa shape index (κ1) is 38.2. The number of aromatic nitrogens is 3. The number of nitrogens with one attached hydrogen (secondary N) is 1. The molecule has 0 unspecified atom stereocenters. The van der Waals surface area contributed by atoms with E-state index in [0.717, 1.165) is 117 Å². The van der Waals surface area contributed by atoms with Gasteiger partial charge in [0.1, 0.15) is 6.67 Å². The third kappa shape index (κ3) is 6.45. The molecule has 0 fully saturated rings. The van der Waals surface area contributed by atoms with E-state index < -0.39 is 5.97 Å². The van der Waals surface area contributed by atoms with Crippen molar-refractivity contribution in [1.82, 2.24) is 12.7 Å². The van der Waals surface area contributed by atoms with Gasteiger partial charge in [-0.3, -0.25) is 4.79 Å². The Morgan fingerprint density at radius 2 is 1.54 bits per heavy atom. The van der Waals surface area contributed by atoms with Gasteiger partial charge < -0.3 is 9.67 Å². The minimum absolute atomic E-state index is 0.0190. The SMILES string of the molecule is C=CC1=C(C)C2=Cc3c(C=C)c(C)c4n3Cn3c(c(C)c(CCC(=O)Nc5ccc(-n6[se]c7c(c6=O)=CCCC=7)cc5)c3=CC3=NC(=C4)C(C)=C3CCC(=O)O)=CC1=N2. The average molecular weight is 848 g/mol. The van der Waals surface area contributed by atoms with Crippen LogP contribution in [0.1, 0.15) is 79.6 Å². The van der Waals surface area contributed by atoms with E-state index in [1.54, 1.807) is 0 Å². The summed E-state index contributed by atoms with van der Waals surface area (Å²) in [7, 11) is 0. The summed E-state index contributed by atoms with van der Waals surface area (Å²) in [4.78, 5) is 49.1. The predicted octanol–water partition coefficient (Wildman–Crippen LogP) is 5.05. The van der Waals surface area contributed by atoms with Gasteiger partial charge in [-0.25, -0.2) is 9.98 Å². The topological polar surface area (TPSA) is 123 Å². The molecule has 2 N–H and O–H groups in total. The van der Waals surface area contributed by atoms with Crippen LogP contribution in [-0.4, -0.2) is 55.8 Å². The van der Waals surface area contributed by atoms with Gasteiger partial charge in [-0.2, -0.15) is 0 Å². The van der Waals surface area contributed by atoms with Gasteiger partial charge in [0, 0.05) is 23.3 Å². The Kier molecular flexibility index (Phi) is 9.61. The number of aliphatic carboxylic acids is 1. The van der Waals surface area contributed by atoms with E-state index in [2.05, 4.69) is 78.8 Å². The smallest absolute Gasteiger partial charge is 0.481 e. The molecule has 0 saturated carbocycles. The van der Waals surface area contributed by atoms with Gasteiger partial charge in [0.2, 0.25) is 0 Å². The molecule has 1 amide bonds. The third-order valence-electron chi connectivity index (χ3n) is 12.1. The number of carboxylic acids is 1. The van der Waals surface area contributed by atoms with Gasteiger partial charge in [-0.15, -0.1) is 0 Å². The van der Waals surface area contributed by atoms with Crippen LogP contribution >= 0.6 is 0 Å². The number of fused-ring (bicyclic) bond motifs is 3. The van der Waals surface area contributed by atoms with E-state index in [9.17, 15) is 19.5 Å². The molecular formula is C48H44N6O4Se. The molecule has 59 heavy (non-hydrogen) atoms. The number of aliphatic imine (C=N–C) groups is 2. The summed E-state index contributed by atoms with van der Waals surface area (Å²) >= 11 is -0.0973. The number of carboxylic acid groups (broad SMARTS) is 1. The summed E-state index contributed by atoms with van der Waals surface area (Å²) in [5.41, 5.74) is 14.6. The second-order valence-electron chi connectivity index (χ2n) is 15.5. The van der Waals surface area contributed by atoms with Crippen LogP contribution in [0.5, 0.6) is 0 Å². The zero-order valence-corrected chi connectivity index (χ0v) is 35.3. The molecule has 0 atom stereocenters. The fourth-order valence-corrected chi connectivity index (χ4v) is 11.2. The van der Waals surface area contributed by atoms with Gasteiger partial charge in [0.05, 0.1) is 28.5 Å². The number of carbonyl (C=O) groups is 2. The number of nitrogens with zero attached hydrogens (tertiary/aromatic N) is 5. The number of amides is 1. The van der Waals surface area contributed by atoms with Crippen LogP contribution in [0.25, 0.3) is 48.2 Å². The van der Waals surface area contributed by atoms with Crippen molar-refractivity contribution >= 4 is 86.3 Å². The summed E-state index contributed by atoms with van der Waals surface area (Å²) in [5, 5.41) is 15.5. The monoisotopic (exact) mass is 848 g/mol. The zero-order chi connectivity index (χ0) is 41.3. The van der Waals surface area contributed by atoms with Crippen molar-refractivity contribution in [2.45, 2.75) is 72.9 Å². The fraction of sp³-hybridized carbons (Fsp3) is 0.229. The molecular weight excluding hydrogens is 804 g/mol. The average Bonchev–Trinajstić information content (AvgIpc) is 3.94. The van der Waals surface area contributed by atoms with E-state index in [-0.39, 0.29) is 39.0 Å². The van der Waals surface area contributed by atoms with Crippen molar-refractivity contribution in [2.75, 3.05) is 5.32 Å². The van der Waals surface area contributed by atoms with Crippen LogP contribution in [0.2, 0.25) is 0 Å². The molecule has 3 aromatic heterocycles. The maximum atomic E-state index is 13.8. The standard InChI is InChI=1S/C48H44N6O4Se/c1-7-32-26(3)38-22-43-33(8-2)28(5)41-21-37-27(4)34(18-20-47(56)57)40(51-37)24-44-35(29(6)42(23-39(32)50-38)53(44)25-52(41)43)17-19-46(55)49-30-13-15-31(16-14-30)54-48(58)36-11-9-10-12-45(36)59-54/h7-8,11-16,21-24H,1-2,9-10,17-20,25H2,3-6H3,(H,49,55)(H,56,57). The Bertz CT molecular complexity index is 3130. The summed E-state index contributed by atoms with van der Waals surface area (Å²) in [6.07, 6.45) is 19.3. The van der Waals surface area contributed by atoms with Crippen molar-refractivity contribution < 1.29 is 14.7 Å². The third-order valence-corrected chi connectivity index (χ3v) is 14.5. The molecule has 296 valence electrons. The van der Waals surface area contributed by atoms with E-state index in [1.165, 1.54) is 0 Å². The van der Waals surface area contributed by atoms with E-state index in [1.807, 2.05) is 53.0 Å². The van der Waals surface area contributed by atoms with Gasteiger partial charge >= 0.3 is 173 Å². The summed E-state index contributed by atoms with van der Waals surface area (Å²) < 4.78 is 7.57. The molecule has 0 radical (unpaired) electrons. The van der Waals surface area contributed by atoms with Crippen molar-refractivity contribution in [2.24, 2.45) is 9.98 Å². The number of carbonyl (C=O) groups excluding carboxylic acids is 1. The molecule has 4 aromatic rings. The number of benzene rings is 1. The predicted molar refractivity (Wildman–Crippen MR) is 239 cm³/mol. The summed E-state index contributed by atoms with van der Waals surface area (Å²) in [6.45, 7) is 17.1. The maximum absolute atomic E-state index is 13.8. The normalized spacial score (nSPS) is 16.1. The van der Waals surface area contributed by atoms with Crippen molar-refractivity contribution in [1.29, 1.82) is 0 Å². The zero-order valence-electron chi connectivity index (χ0n) is 33.6. The van der Waals surface area contributed by atoms with Gasteiger partial charge in [-0.05, 0) is 67.7 Å². The quantitative estimate of drug-likeness (QED) is 0.217. The van der Waals surface area contributed by atoms with Crippen LogP contribution < -0.4 is 30.9 Å². The Labute approximate surface area is 347 Å². The molecule has 0 spiro atoms. The van der Waals surface area contributed by atoms with Crippen molar-refractivity contribution in [3.63, 3.8) is 0 Å². The first-order valence-corrected chi connectivity index (χ1v) is 21.5.